The minimum absolute atomic E-state index is 0.0947. The highest BCUT2D eigenvalue weighted by Crippen LogP contribution is 2.25. The first-order valence-electron chi connectivity index (χ1n) is 6.23. The van der Waals surface area contributed by atoms with Gasteiger partial charge in [0, 0.05) is 6.20 Å². The van der Waals surface area contributed by atoms with E-state index in [1.165, 1.54) is 12.3 Å². The third kappa shape index (κ3) is 3.50. The summed E-state index contributed by atoms with van der Waals surface area (Å²) in [5.74, 6) is -0.123. The van der Waals surface area contributed by atoms with Crippen molar-refractivity contribution < 1.29 is 4.79 Å². The quantitative estimate of drug-likeness (QED) is 0.908. The molecule has 3 N–H and O–H groups in total. The Morgan fingerprint density at radius 1 is 1.48 bits per heavy atom. The van der Waals surface area contributed by atoms with Crippen LogP contribution in [0.2, 0.25) is 5.02 Å². The fourth-order valence-electron chi connectivity index (χ4n) is 1.84. The van der Waals surface area contributed by atoms with E-state index in [1.807, 2.05) is 19.1 Å². The molecule has 0 aliphatic heterocycles. The lowest BCUT2D eigenvalue weighted by atomic mass is 10.1. The molecule has 0 spiro atoms. The molecule has 0 saturated heterocycles. The van der Waals surface area contributed by atoms with E-state index in [9.17, 15) is 4.79 Å². The SMILES string of the molecule is CC(Nc1ncc(C(N)=O)cc1Cl)c1cccc(C#N)c1. The van der Waals surface area contributed by atoms with E-state index < -0.39 is 5.91 Å². The highest BCUT2D eigenvalue weighted by molar-refractivity contribution is 6.33. The van der Waals surface area contributed by atoms with Gasteiger partial charge in [0.25, 0.3) is 0 Å². The molecule has 1 amide bonds. The molecule has 0 bridgehead atoms. The lowest BCUT2D eigenvalue weighted by molar-refractivity contribution is 0.1000. The largest absolute Gasteiger partial charge is 0.366 e. The number of halogens is 1. The normalized spacial score (nSPS) is 11.5. The van der Waals surface area contributed by atoms with Crippen LogP contribution in [0, 0.1) is 11.3 Å². The lowest BCUT2D eigenvalue weighted by Crippen LogP contribution is -2.13. The number of nitrogens with one attached hydrogen (secondary N) is 1. The Kier molecular flexibility index (Phi) is 4.41. The molecule has 6 heteroatoms. The van der Waals surface area contributed by atoms with Crippen LogP contribution >= 0.6 is 11.6 Å². The Labute approximate surface area is 127 Å². The molecule has 0 fully saturated rings. The zero-order chi connectivity index (χ0) is 15.4. The fraction of sp³-hybridized carbons (Fsp3) is 0.133. The zero-order valence-corrected chi connectivity index (χ0v) is 12.1. The first-order chi connectivity index (χ1) is 10.0. The van der Waals surface area contributed by atoms with Crippen molar-refractivity contribution in [1.29, 1.82) is 5.26 Å². The van der Waals surface area contributed by atoms with E-state index in [0.29, 0.717) is 16.4 Å². The van der Waals surface area contributed by atoms with Crippen molar-refractivity contribution in [1.82, 2.24) is 4.98 Å². The monoisotopic (exact) mass is 300 g/mol. The van der Waals surface area contributed by atoms with Crippen LogP contribution in [0.3, 0.4) is 0 Å². The summed E-state index contributed by atoms with van der Waals surface area (Å²) in [6.07, 6.45) is 1.37. The van der Waals surface area contributed by atoms with E-state index in [4.69, 9.17) is 22.6 Å². The Balaban J connectivity index is 2.21. The fourth-order valence-corrected chi connectivity index (χ4v) is 2.07. The topological polar surface area (TPSA) is 91.8 Å². The molecule has 0 saturated carbocycles. The molecule has 1 unspecified atom stereocenters. The summed E-state index contributed by atoms with van der Waals surface area (Å²) in [6.45, 7) is 1.93. The summed E-state index contributed by atoms with van der Waals surface area (Å²) < 4.78 is 0. The van der Waals surface area contributed by atoms with Gasteiger partial charge in [-0.2, -0.15) is 5.26 Å². The third-order valence-electron chi connectivity index (χ3n) is 2.99. The molecular formula is C15H13ClN4O. The first kappa shape index (κ1) is 14.8. The van der Waals surface area contributed by atoms with Crippen LogP contribution in [0.1, 0.15) is 34.5 Å². The molecule has 1 atom stereocenters. The summed E-state index contributed by atoms with van der Waals surface area (Å²) in [5, 5.41) is 12.4. The summed E-state index contributed by atoms with van der Waals surface area (Å²) >= 11 is 6.08. The van der Waals surface area contributed by atoms with Gasteiger partial charge in [-0.05, 0) is 30.7 Å². The second-order valence-electron chi connectivity index (χ2n) is 4.52. The number of primary amides is 1. The van der Waals surface area contributed by atoms with Gasteiger partial charge >= 0.3 is 0 Å². The Bertz CT molecular complexity index is 724. The Hall–Kier alpha value is -2.58. The number of anilines is 1. The van der Waals surface area contributed by atoms with Crippen LogP contribution in [0.25, 0.3) is 0 Å². The number of benzene rings is 1. The number of amides is 1. The number of nitrogens with two attached hydrogens (primary N) is 1. The van der Waals surface area contributed by atoms with Gasteiger partial charge in [-0.3, -0.25) is 4.79 Å². The maximum Gasteiger partial charge on any atom is 0.250 e. The molecule has 2 aromatic rings. The van der Waals surface area contributed by atoms with Gasteiger partial charge < -0.3 is 11.1 Å². The van der Waals surface area contributed by atoms with Gasteiger partial charge in [-0.25, -0.2) is 4.98 Å². The summed E-state index contributed by atoms with van der Waals surface area (Å²) in [6, 6.07) is 10.7. The van der Waals surface area contributed by atoms with Crippen molar-refractivity contribution >= 4 is 23.3 Å². The number of nitriles is 1. The van der Waals surface area contributed by atoms with E-state index in [-0.39, 0.29) is 11.6 Å². The average Bonchev–Trinajstić information content (AvgIpc) is 2.49. The Morgan fingerprint density at radius 3 is 2.86 bits per heavy atom. The Morgan fingerprint density at radius 2 is 2.24 bits per heavy atom. The van der Waals surface area contributed by atoms with Crippen LogP contribution < -0.4 is 11.1 Å². The average molecular weight is 301 g/mol. The van der Waals surface area contributed by atoms with Crippen molar-refractivity contribution in [3.8, 4) is 6.07 Å². The number of hydrogen-bond acceptors (Lipinski definition) is 4. The molecule has 1 aromatic carbocycles. The first-order valence-corrected chi connectivity index (χ1v) is 6.61. The van der Waals surface area contributed by atoms with E-state index in [1.54, 1.807) is 12.1 Å². The zero-order valence-electron chi connectivity index (χ0n) is 11.3. The molecule has 0 aliphatic carbocycles. The van der Waals surface area contributed by atoms with Crippen LogP contribution in [-0.2, 0) is 0 Å². The molecule has 0 radical (unpaired) electrons. The smallest absolute Gasteiger partial charge is 0.250 e. The van der Waals surface area contributed by atoms with Gasteiger partial charge in [0.05, 0.1) is 28.3 Å². The number of pyridine rings is 1. The summed E-state index contributed by atoms with van der Waals surface area (Å²) in [4.78, 5) is 15.1. The van der Waals surface area contributed by atoms with Crippen molar-refractivity contribution in [2.75, 3.05) is 5.32 Å². The van der Waals surface area contributed by atoms with Crippen molar-refractivity contribution in [3.05, 3.63) is 58.2 Å². The third-order valence-corrected chi connectivity index (χ3v) is 3.28. The summed E-state index contributed by atoms with van der Waals surface area (Å²) in [5.41, 5.74) is 6.95. The number of rotatable bonds is 4. The number of carbonyl (C=O) groups is 1. The predicted molar refractivity (Wildman–Crippen MR) is 81.0 cm³/mol. The lowest BCUT2D eigenvalue weighted by Gasteiger charge is -2.16. The maximum absolute atomic E-state index is 11.1. The molecule has 1 heterocycles. The van der Waals surface area contributed by atoms with Gasteiger partial charge in [-0.15, -0.1) is 0 Å². The van der Waals surface area contributed by atoms with Gasteiger partial charge in [0.15, 0.2) is 0 Å². The van der Waals surface area contributed by atoms with Gasteiger partial charge in [0.2, 0.25) is 5.91 Å². The van der Waals surface area contributed by atoms with Crippen molar-refractivity contribution in [3.63, 3.8) is 0 Å². The molecule has 106 valence electrons. The van der Waals surface area contributed by atoms with Gasteiger partial charge in [-0.1, -0.05) is 23.7 Å². The van der Waals surface area contributed by atoms with Crippen molar-refractivity contribution in [2.24, 2.45) is 5.73 Å². The predicted octanol–water partition coefficient (Wildman–Crippen LogP) is 2.88. The second kappa shape index (κ2) is 6.25. The molecule has 0 aliphatic rings. The summed E-state index contributed by atoms with van der Waals surface area (Å²) in [7, 11) is 0. The van der Waals surface area contributed by atoms with Crippen LogP contribution in [0.4, 0.5) is 5.82 Å². The standard InChI is InChI=1S/C15H13ClN4O/c1-9(11-4-2-3-10(5-11)7-17)20-15-13(16)6-12(8-19-15)14(18)21/h2-6,8-9H,1H3,(H2,18,21)(H,19,20). The second-order valence-corrected chi connectivity index (χ2v) is 4.93. The van der Waals surface area contributed by atoms with E-state index in [2.05, 4.69) is 16.4 Å². The molecule has 21 heavy (non-hydrogen) atoms. The molecule has 5 nitrogen and oxygen atoms in total. The highest BCUT2D eigenvalue weighted by Gasteiger charge is 2.11. The molecule has 1 aromatic heterocycles. The number of nitrogens with zero attached hydrogens (tertiary/aromatic N) is 2. The molecule has 2 rings (SSSR count). The minimum atomic E-state index is -0.578. The van der Waals surface area contributed by atoms with Crippen molar-refractivity contribution in [2.45, 2.75) is 13.0 Å². The van der Waals surface area contributed by atoms with Crippen LogP contribution in [-0.4, -0.2) is 10.9 Å². The van der Waals surface area contributed by atoms with Crippen LogP contribution in [0.15, 0.2) is 36.5 Å². The van der Waals surface area contributed by atoms with Crippen LogP contribution in [0.5, 0.6) is 0 Å². The van der Waals surface area contributed by atoms with Gasteiger partial charge in [0.1, 0.15) is 5.82 Å². The highest BCUT2D eigenvalue weighted by atomic mass is 35.5. The number of carbonyl (C=O) groups excluding carboxylic acids is 1. The molecular weight excluding hydrogens is 288 g/mol. The van der Waals surface area contributed by atoms with E-state index in [0.717, 1.165) is 5.56 Å². The van der Waals surface area contributed by atoms with E-state index >= 15 is 0 Å². The number of aromatic nitrogens is 1. The number of hydrogen-bond donors (Lipinski definition) is 2. The maximum atomic E-state index is 11.1. The minimum Gasteiger partial charge on any atom is -0.366 e.